The third kappa shape index (κ3) is 6.58. The lowest BCUT2D eigenvalue weighted by molar-refractivity contribution is 0.0499. The second-order valence-corrected chi connectivity index (χ2v) is 9.08. The van der Waals surface area contributed by atoms with Gasteiger partial charge in [-0.25, -0.2) is 4.79 Å². The van der Waals surface area contributed by atoms with Gasteiger partial charge in [0.15, 0.2) is 0 Å². The lowest BCUT2D eigenvalue weighted by atomic mass is 10.1. The highest BCUT2D eigenvalue weighted by atomic mass is 16.6. The van der Waals surface area contributed by atoms with E-state index in [1.54, 1.807) is 7.11 Å². The van der Waals surface area contributed by atoms with Crippen LogP contribution in [0.1, 0.15) is 58.6 Å². The summed E-state index contributed by atoms with van der Waals surface area (Å²) >= 11 is 0. The van der Waals surface area contributed by atoms with Gasteiger partial charge in [0, 0.05) is 39.4 Å². The van der Waals surface area contributed by atoms with Gasteiger partial charge in [0.2, 0.25) is 11.8 Å². The van der Waals surface area contributed by atoms with E-state index >= 15 is 0 Å². The van der Waals surface area contributed by atoms with E-state index in [4.69, 9.17) is 9.47 Å². The quantitative estimate of drug-likeness (QED) is 0.612. The number of methoxy groups -OCH3 is 1. The first-order valence-corrected chi connectivity index (χ1v) is 10.5. The molecule has 2 N–H and O–H groups in total. The summed E-state index contributed by atoms with van der Waals surface area (Å²) in [6.45, 7) is 13.8. The van der Waals surface area contributed by atoms with Crippen LogP contribution in [0.3, 0.4) is 0 Å². The molecule has 0 saturated carbocycles. The van der Waals surface area contributed by atoms with Gasteiger partial charge >= 0.3 is 6.09 Å². The highest BCUT2D eigenvalue weighted by Gasteiger charge is 2.35. The van der Waals surface area contributed by atoms with Gasteiger partial charge in [-0.2, -0.15) is 0 Å². The van der Waals surface area contributed by atoms with Crippen LogP contribution >= 0.6 is 0 Å². The number of hydrogen-bond acceptors (Lipinski definition) is 7. The first kappa shape index (κ1) is 23.9. The van der Waals surface area contributed by atoms with Crippen molar-refractivity contribution in [3.05, 3.63) is 5.82 Å². The van der Waals surface area contributed by atoms with Gasteiger partial charge in [0.05, 0.1) is 6.04 Å². The maximum atomic E-state index is 12.6. The maximum absolute atomic E-state index is 12.6. The minimum atomic E-state index is -0.550. The van der Waals surface area contributed by atoms with Crippen LogP contribution in [0.25, 0.3) is 0 Å². The van der Waals surface area contributed by atoms with Crippen LogP contribution < -0.4 is 15.5 Å². The smallest absolute Gasteiger partial charge is 0.407 e. The van der Waals surface area contributed by atoms with Crippen LogP contribution in [0.2, 0.25) is 0 Å². The molecule has 1 aromatic rings. The van der Waals surface area contributed by atoms with Crippen molar-refractivity contribution in [3.63, 3.8) is 0 Å². The number of nitrogens with zero attached hydrogens (tertiary/aromatic N) is 4. The second-order valence-electron chi connectivity index (χ2n) is 9.08. The molecule has 10 nitrogen and oxygen atoms in total. The van der Waals surface area contributed by atoms with Crippen LogP contribution in [0.5, 0.6) is 0 Å². The summed E-state index contributed by atoms with van der Waals surface area (Å²) in [5.41, 5.74) is -0.550. The number of nitrogens with one attached hydrogen (secondary N) is 2. The Morgan fingerprint density at radius 1 is 1.23 bits per heavy atom. The number of hydrogen-bond donors (Lipinski definition) is 2. The van der Waals surface area contributed by atoms with E-state index in [1.165, 1.54) is 0 Å². The van der Waals surface area contributed by atoms with Crippen LogP contribution in [0, 0.1) is 5.92 Å². The number of aromatic nitrogens is 3. The Labute approximate surface area is 178 Å². The van der Waals surface area contributed by atoms with Gasteiger partial charge in [-0.05, 0) is 47.0 Å². The molecule has 1 saturated heterocycles. The molecule has 2 unspecified atom stereocenters. The zero-order chi connectivity index (χ0) is 22.5. The first-order valence-electron chi connectivity index (χ1n) is 10.5. The van der Waals surface area contributed by atoms with Crippen molar-refractivity contribution in [2.45, 2.75) is 72.2 Å². The third-order valence-electron chi connectivity index (χ3n) is 4.68. The van der Waals surface area contributed by atoms with Crippen molar-refractivity contribution in [2.75, 3.05) is 31.7 Å². The zero-order valence-corrected chi connectivity index (χ0v) is 19.2. The van der Waals surface area contributed by atoms with E-state index in [0.717, 1.165) is 6.42 Å². The molecule has 170 valence electrons. The monoisotopic (exact) mass is 424 g/mol. The lowest BCUT2D eigenvalue weighted by Crippen LogP contribution is -2.42. The molecular weight excluding hydrogens is 388 g/mol. The Morgan fingerprint density at radius 2 is 1.93 bits per heavy atom. The molecule has 1 fully saturated rings. The standard InChI is InChI=1S/C20H36N6O4/c1-13(2)21-17(27)16-23-24-18(26(16)9-8-10-29-7)25-11-14(3)15(12-25)22-19(28)30-20(4,5)6/h13-15H,8-12H2,1-7H3,(H,21,27)(H,22,28). The summed E-state index contributed by atoms with van der Waals surface area (Å²) in [5, 5.41) is 14.3. The SMILES string of the molecule is COCCCn1c(C(=O)NC(C)C)nnc1N1CC(C)C(NC(=O)OC(C)(C)C)C1. The normalized spacial score (nSPS) is 19.3. The van der Waals surface area contributed by atoms with Crippen molar-refractivity contribution >= 4 is 17.9 Å². The second kappa shape index (κ2) is 10.1. The van der Waals surface area contributed by atoms with E-state index in [1.807, 2.05) is 39.2 Å². The molecule has 2 atom stereocenters. The van der Waals surface area contributed by atoms with Gasteiger partial charge in [0.1, 0.15) is 5.60 Å². The molecule has 0 radical (unpaired) electrons. The van der Waals surface area contributed by atoms with Gasteiger partial charge in [0.25, 0.3) is 5.91 Å². The molecule has 10 heteroatoms. The number of anilines is 1. The summed E-state index contributed by atoms with van der Waals surface area (Å²) in [5.74, 6) is 0.845. The molecule has 0 spiro atoms. The van der Waals surface area contributed by atoms with Crippen molar-refractivity contribution < 1.29 is 19.1 Å². The van der Waals surface area contributed by atoms with Gasteiger partial charge in [-0.1, -0.05) is 6.92 Å². The maximum Gasteiger partial charge on any atom is 0.407 e. The molecule has 2 amide bonds. The zero-order valence-electron chi connectivity index (χ0n) is 19.2. The largest absolute Gasteiger partial charge is 0.444 e. The van der Waals surface area contributed by atoms with E-state index in [2.05, 4.69) is 32.7 Å². The molecule has 30 heavy (non-hydrogen) atoms. The number of alkyl carbamates (subject to hydrolysis) is 1. The van der Waals surface area contributed by atoms with Crippen molar-refractivity contribution in [2.24, 2.45) is 5.92 Å². The summed E-state index contributed by atoms with van der Waals surface area (Å²) < 4.78 is 12.4. The molecule has 1 aliphatic rings. The van der Waals surface area contributed by atoms with Crippen molar-refractivity contribution in [1.82, 2.24) is 25.4 Å². The van der Waals surface area contributed by atoms with E-state index in [9.17, 15) is 9.59 Å². The summed E-state index contributed by atoms with van der Waals surface area (Å²) in [7, 11) is 1.65. The van der Waals surface area contributed by atoms with Crippen LogP contribution in [0.15, 0.2) is 0 Å². The van der Waals surface area contributed by atoms with Gasteiger partial charge < -0.3 is 25.0 Å². The summed E-state index contributed by atoms with van der Waals surface area (Å²) in [6, 6.07) is -0.0868. The molecule has 0 bridgehead atoms. The van der Waals surface area contributed by atoms with E-state index in [0.29, 0.717) is 32.2 Å². The Balaban J connectivity index is 2.16. The molecule has 1 aliphatic heterocycles. The van der Waals surface area contributed by atoms with Crippen molar-refractivity contribution in [3.8, 4) is 0 Å². The number of carbonyl (C=O) groups is 2. The average Bonchev–Trinajstić information content (AvgIpc) is 3.17. The fourth-order valence-corrected chi connectivity index (χ4v) is 3.37. The fourth-order valence-electron chi connectivity index (χ4n) is 3.37. The Hall–Kier alpha value is -2.36. The lowest BCUT2D eigenvalue weighted by Gasteiger charge is -2.23. The minimum Gasteiger partial charge on any atom is -0.444 e. The fraction of sp³-hybridized carbons (Fsp3) is 0.800. The first-order chi connectivity index (χ1) is 14.0. The van der Waals surface area contributed by atoms with Gasteiger partial charge in [-0.3, -0.25) is 9.36 Å². The molecule has 2 rings (SSSR count). The highest BCUT2D eigenvalue weighted by molar-refractivity contribution is 5.91. The number of amides is 2. The molecular formula is C20H36N6O4. The van der Waals surface area contributed by atoms with Crippen LogP contribution in [-0.2, 0) is 16.0 Å². The number of carbonyl (C=O) groups excluding carboxylic acids is 2. The number of ether oxygens (including phenoxy) is 2. The number of rotatable bonds is 8. The summed E-state index contributed by atoms with van der Waals surface area (Å²) in [6.07, 6.45) is 0.298. The molecule has 0 aromatic carbocycles. The molecule has 0 aliphatic carbocycles. The predicted molar refractivity (Wildman–Crippen MR) is 114 cm³/mol. The molecule has 1 aromatic heterocycles. The van der Waals surface area contributed by atoms with E-state index < -0.39 is 11.7 Å². The summed E-state index contributed by atoms with van der Waals surface area (Å²) in [4.78, 5) is 26.8. The Bertz CT molecular complexity index is 727. The Morgan fingerprint density at radius 3 is 2.53 bits per heavy atom. The van der Waals surface area contributed by atoms with Crippen LogP contribution in [-0.4, -0.2) is 71.3 Å². The highest BCUT2D eigenvalue weighted by Crippen LogP contribution is 2.24. The molecule has 2 heterocycles. The average molecular weight is 425 g/mol. The predicted octanol–water partition coefficient (Wildman–Crippen LogP) is 1.80. The van der Waals surface area contributed by atoms with Crippen molar-refractivity contribution in [1.29, 1.82) is 0 Å². The van der Waals surface area contributed by atoms with Gasteiger partial charge in [-0.15, -0.1) is 10.2 Å². The minimum absolute atomic E-state index is 0.000654. The Kier molecular flexibility index (Phi) is 8.05. The third-order valence-corrected chi connectivity index (χ3v) is 4.68. The van der Waals surface area contributed by atoms with Crippen LogP contribution in [0.4, 0.5) is 10.7 Å². The van der Waals surface area contributed by atoms with E-state index in [-0.39, 0.29) is 29.7 Å². The topological polar surface area (TPSA) is 111 Å².